The van der Waals surface area contributed by atoms with Crippen molar-refractivity contribution in [3.63, 3.8) is 0 Å². The molecule has 0 radical (unpaired) electrons. The van der Waals surface area contributed by atoms with Crippen LogP contribution in [-0.2, 0) is 11.2 Å². The molecular weight excluding hydrogens is 308 g/mol. The number of benzene rings is 1. The van der Waals surface area contributed by atoms with Crippen molar-refractivity contribution in [3.05, 3.63) is 33.8 Å². The lowest BCUT2D eigenvalue weighted by molar-refractivity contribution is -0.115. The Balaban J connectivity index is 1.67. The first-order valence-corrected chi connectivity index (χ1v) is 7.23. The number of hydrogen-bond donors (Lipinski definition) is 2. The van der Waals surface area contributed by atoms with E-state index in [4.69, 9.17) is 14.6 Å². The molecule has 8 heteroatoms. The van der Waals surface area contributed by atoms with Gasteiger partial charge < -0.3 is 19.9 Å². The molecule has 22 heavy (non-hydrogen) atoms. The van der Waals surface area contributed by atoms with Gasteiger partial charge in [-0.05, 0) is 19.1 Å². The zero-order valence-electron chi connectivity index (χ0n) is 11.6. The maximum Gasteiger partial charge on any atom is 0.347 e. The van der Waals surface area contributed by atoms with Crippen LogP contribution in [0.4, 0.5) is 5.69 Å². The van der Waals surface area contributed by atoms with Crippen LogP contribution in [0.15, 0.2) is 18.2 Å². The molecular formula is C14H12N2O5S. The summed E-state index contributed by atoms with van der Waals surface area (Å²) in [6.45, 7) is 1.78. The highest BCUT2D eigenvalue weighted by atomic mass is 32.1. The second-order valence-corrected chi connectivity index (χ2v) is 5.70. The number of nitrogens with one attached hydrogen (secondary N) is 1. The van der Waals surface area contributed by atoms with Gasteiger partial charge in [-0.25, -0.2) is 9.78 Å². The number of ether oxygens (including phenoxy) is 2. The summed E-state index contributed by atoms with van der Waals surface area (Å²) < 4.78 is 10.4. The second-order valence-electron chi connectivity index (χ2n) is 4.62. The lowest BCUT2D eigenvalue weighted by Crippen LogP contribution is -2.14. The average molecular weight is 320 g/mol. The molecule has 2 heterocycles. The fourth-order valence-corrected chi connectivity index (χ4v) is 2.95. The molecule has 0 bridgehead atoms. The van der Waals surface area contributed by atoms with Crippen molar-refractivity contribution >= 4 is 28.9 Å². The summed E-state index contributed by atoms with van der Waals surface area (Å²) in [6.07, 6.45) is 0.0211. The van der Waals surface area contributed by atoms with Gasteiger partial charge in [-0.15, -0.1) is 11.3 Å². The van der Waals surface area contributed by atoms with Crippen LogP contribution in [0.5, 0.6) is 11.5 Å². The van der Waals surface area contributed by atoms with Crippen molar-refractivity contribution in [2.45, 2.75) is 13.3 Å². The number of carbonyl (C=O) groups excluding carboxylic acids is 1. The predicted octanol–water partition coefficient (Wildman–Crippen LogP) is 2.06. The van der Waals surface area contributed by atoms with Crippen molar-refractivity contribution in [2.24, 2.45) is 0 Å². The standard InChI is InChI=1S/C14H12N2O5S/c1-7-13(14(18)19)22-12(15-7)5-11(17)16-8-2-3-9-10(4-8)21-6-20-9/h2-4H,5-6H2,1H3,(H,16,17)(H,18,19). The third-order valence-corrected chi connectivity index (χ3v) is 4.15. The van der Waals surface area contributed by atoms with E-state index in [-0.39, 0.29) is 24.0 Å². The molecule has 0 aliphatic carbocycles. The highest BCUT2D eigenvalue weighted by Crippen LogP contribution is 2.34. The lowest BCUT2D eigenvalue weighted by atomic mass is 10.2. The largest absolute Gasteiger partial charge is 0.477 e. The molecule has 7 nitrogen and oxygen atoms in total. The summed E-state index contributed by atoms with van der Waals surface area (Å²) in [4.78, 5) is 27.2. The summed E-state index contributed by atoms with van der Waals surface area (Å²) >= 11 is 1.01. The Kier molecular flexibility index (Phi) is 3.68. The van der Waals surface area contributed by atoms with Gasteiger partial charge in [-0.1, -0.05) is 0 Å². The molecule has 1 aliphatic heterocycles. The Morgan fingerprint density at radius 3 is 2.86 bits per heavy atom. The summed E-state index contributed by atoms with van der Waals surface area (Å²) in [5, 5.41) is 12.2. The number of hydrogen-bond acceptors (Lipinski definition) is 6. The molecule has 0 atom stereocenters. The Morgan fingerprint density at radius 1 is 1.36 bits per heavy atom. The van der Waals surface area contributed by atoms with Gasteiger partial charge >= 0.3 is 5.97 Å². The van der Waals surface area contributed by atoms with Crippen molar-refractivity contribution in [2.75, 3.05) is 12.1 Å². The van der Waals surface area contributed by atoms with Crippen molar-refractivity contribution in [3.8, 4) is 11.5 Å². The Bertz CT molecular complexity index is 756. The second kappa shape index (κ2) is 5.64. The molecule has 114 valence electrons. The van der Waals surface area contributed by atoms with Crippen LogP contribution in [0.1, 0.15) is 20.4 Å². The molecule has 3 rings (SSSR count). The van der Waals surface area contributed by atoms with Crippen LogP contribution in [0.2, 0.25) is 0 Å². The molecule has 1 amide bonds. The molecule has 1 aromatic carbocycles. The van der Waals surface area contributed by atoms with E-state index in [1.54, 1.807) is 25.1 Å². The monoisotopic (exact) mass is 320 g/mol. The highest BCUT2D eigenvalue weighted by Gasteiger charge is 2.17. The minimum Gasteiger partial charge on any atom is -0.477 e. The normalized spacial score (nSPS) is 12.2. The zero-order chi connectivity index (χ0) is 15.7. The van der Waals surface area contributed by atoms with Gasteiger partial charge in [-0.3, -0.25) is 4.79 Å². The van der Waals surface area contributed by atoms with E-state index in [1.807, 2.05) is 0 Å². The predicted molar refractivity (Wildman–Crippen MR) is 78.7 cm³/mol. The smallest absolute Gasteiger partial charge is 0.347 e. The maximum absolute atomic E-state index is 12.0. The lowest BCUT2D eigenvalue weighted by Gasteiger charge is -2.04. The SMILES string of the molecule is Cc1nc(CC(=O)Nc2ccc3c(c2)OCO3)sc1C(=O)O. The fraction of sp³-hybridized carbons (Fsp3) is 0.214. The molecule has 2 aromatic rings. The maximum atomic E-state index is 12.0. The van der Waals surface area contributed by atoms with Gasteiger partial charge in [0.1, 0.15) is 9.88 Å². The number of carbonyl (C=O) groups is 2. The number of carboxylic acid groups (broad SMARTS) is 1. The van der Waals surface area contributed by atoms with Gasteiger partial charge in [-0.2, -0.15) is 0 Å². The number of nitrogens with zero attached hydrogens (tertiary/aromatic N) is 1. The molecule has 2 N–H and O–H groups in total. The molecule has 0 saturated carbocycles. The van der Waals surface area contributed by atoms with Crippen LogP contribution in [0.3, 0.4) is 0 Å². The van der Waals surface area contributed by atoms with E-state index in [9.17, 15) is 9.59 Å². The third kappa shape index (κ3) is 2.86. The minimum atomic E-state index is -1.03. The molecule has 0 unspecified atom stereocenters. The topological polar surface area (TPSA) is 97.8 Å². The first kappa shape index (κ1) is 14.3. The third-order valence-electron chi connectivity index (χ3n) is 3.00. The highest BCUT2D eigenvalue weighted by molar-refractivity contribution is 7.13. The quantitative estimate of drug-likeness (QED) is 0.895. The van der Waals surface area contributed by atoms with E-state index >= 15 is 0 Å². The number of thiazole rings is 1. The summed E-state index contributed by atoms with van der Waals surface area (Å²) in [7, 11) is 0. The Labute approximate surface area is 129 Å². The first-order chi connectivity index (χ1) is 10.5. The van der Waals surface area contributed by atoms with Gasteiger partial charge in [0.15, 0.2) is 11.5 Å². The van der Waals surface area contributed by atoms with E-state index in [0.29, 0.717) is 27.9 Å². The van der Waals surface area contributed by atoms with E-state index in [0.717, 1.165) is 11.3 Å². The Hall–Kier alpha value is -2.61. The number of amides is 1. The molecule has 0 saturated heterocycles. The first-order valence-electron chi connectivity index (χ1n) is 6.42. The summed E-state index contributed by atoms with van der Waals surface area (Å²) in [6, 6.07) is 5.10. The molecule has 1 aromatic heterocycles. The van der Waals surface area contributed by atoms with Crippen LogP contribution < -0.4 is 14.8 Å². The Morgan fingerprint density at radius 2 is 2.14 bits per heavy atom. The zero-order valence-corrected chi connectivity index (χ0v) is 12.4. The summed E-state index contributed by atoms with van der Waals surface area (Å²) in [5.74, 6) is -0.0855. The van der Waals surface area contributed by atoms with Crippen molar-refractivity contribution < 1.29 is 24.2 Å². The van der Waals surface area contributed by atoms with Gasteiger partial charge in [0.2, 0.25) is 12.7 Å². The minimum absolute atomic E-state index is 0.0211. The van der Waals surface area contributed by atoms with Gasteiger partial charge in [0.05, 0.1) is 12.1 Å². The average Bonchev–Trinajstić information content (AvgIpc) is 3.04. The molecule has 0 fully saturated rings. The van der Waals surface area contributed by atoms with E-state index in [2.05, 4.69) is 10.3 Å². The van der Waals surface area contributed by atoms with Gasteiger partial charge in [0.25, 0.3) is 0 Å². The van der Waals surface area contributed by atoms with Crippen LogP contribution >= 0.6 is 11.3 Å². The number of rotatable bonds is 4. The van der Waals surface area contributed by atoms with E-state index in [1.165, 1.54) is 0 Å². The number of aryl methyl sites for hydroxylation is 1. The number of carboxylic acids is 1. The van der Waals surface area contributed by atoms with Crippen LogP contribution in [0.25, 0.3) is 0 Å². The number of aromatic nitrogens is 1. The van der Waals surface area contributed by atoms with Crippen LogP contribution in [0, 0.1) is 6.92 Å². The van der Waals surface area contributed by atoms with Crippen molar-refractivity contribution in [1.82, 2.24) is 4.98 Å². The molecule has 0 spiro atoms. The van der Waals surface area contributed by atoms with Crippen molar-refractivity contribution in [1.29, 1.82) is 0 Å². The number of anilines is 1. The van der Waals surface area contributed by atoms with E-state index < -0.39 is 5.97 Å². The number of fused-ring (bicyclic) bond motifs is 1. The number of aromatic carboxylic acids is 1. The van der Waals surface area contributed by atoms with Gasteiger partial charge in [0, 0.05) is 11.8 Å². The van der Waals surface area contributed by atoms with Crippen LogP contribution in [-0.4, -0.2) is 28.8 Å². The summed E-state index contributed by atoms with van der Waals surface area (Å²) in [5.41, 5.74) is 1.00. The molecule has 1 aliphatic rings. The fourth-order valence-electron chi connectivity index (χ4n) is 2.04.